The van der Waals surface area contributed by atoms with E-state index >= 15 is 0 Å². The van der Waals surface area contributed by atoms with E-state index in [2.05, 4.69) is 0 Å². The van der Waals surface area contributed by atoms with E-state index in [0.29, 0.717) is 5.57 Å². The molecule has 2 N–H and O–H groups in total. The zero-order valence-corrected chi connectivity index (χ0v) is 9.26. The van der Waals surface area contributed by atoms with E-state index in [1.807, 2.05) is 30.3 Å². The summed E-state index contributed by atoms with van der Waals surface area (Å²) in [4.78, 5) is 0. The minimum Gasteiger partial charge on any atom is -0.515 e. The van der Waals surface area contributed by atoms with Gasteiger partial charge in [0, 0.05) is 22.6 Å². The molecule has 82 valence electrons. The molecule has 0 amide bonds. The fourth-order valence-corrected chi connectivity index (χ4v) is 1.06. The molecule has 1 aliphatic rings. The Hall–Kier alpha value is -1.15. The Morgan fingerprint density at radius 1 is 1.27 bits per heavy atom. The number of hydrogen-bond acceptors (Lipinski definition) is 2. The zero-order chi connectivity index (χ0) is 10.2. The van der Waals surface area contributed by atoms with Crippen LogP contribution in [0.2, 0.25) is 0 Å². The van der Waals surface area contributed by atoms with Gasteiger partial charge < -0.3 is 10.2 Å². The molecule has 0 saturated heterocycles. The molecule has 0 radical (unpaired) electrons. The van der Waals surface area contributed by atoms with Crippen LogP contribution in [0.5, 0.6) is 0 Å². The summed E-state index contributed by atoms with van der Waals surface area (Å²) in [5.41, 5.74) is 1.45. The van der Waals surface area contributed by atoms with Crippen molar-refractivity contribution in [2.24, 2.45) is 0 Å². The molecule has 0 saturated carbocycles. The second-order valence-electron chi connectivity index (χ2n) is 2.76. The molecule has 1 aromatic rings. The normalized spacial score (nSPS) is 15.3. The number of hydrogen-bond donors (Lipinski definition) is 2. The van der Waals surface area contributed by atoms with Crippen molar-refractivity contribution < 1.29 is 27.3 Å². The standard InChI is InChI=1S/C7H8O2.C5H5.Fe/c8-4-6-2-1-3-7(6)5-9;1-2-4-5-3-1;/h1-4,8-9H,5H2;1-5H;/q;-1;/b6-4+;;. The van der Waals surface area contributed by atoms with E-state index < -0.39 is 0 Å². The second-order valence-corrected chi connectivity index (χ2v) is 2.76. The molecule has 0 aliphatic heterocycles. The Morgan fingerprint density at radius 3 is 2.27 bits per heavy atom. The van der Waals surface area contributed by atoms with Crippen LogP contribution in [0.1, 0.15) is 0 Å². The largest absolute Gasteiger partial charge is 0.515 e. The first-order chi connectivity index (χ1) is 6.88. The van der Waals surface area contributed by atoms with Gasteiger partial charge in [-0.05, 0) is 5.57 Å². The van der Waals surface area contributed by atoms with Crippen molar-refractivity contribution in [1.82, 2.24) is 0 Å². The maximum atomic E-state index is 8.61. The maximum absolute atomic E-state index is 8.61. The second kappa shape index (κ2) is 8.18. The Morgan fingerprint density at radius 2 is 1.93 bits per heavy atom. The van der Waals surface area contributed by atoms with Crippen molar-refractivity contribution in [3.05, 3.63) is 66.0 Å². The van der Waals surface area contributed by atoms with Gasteiger partial charge in [-0.15, -0.1) is 0 Å². The Bertz CT molecular complexity index is 317. The summed E-state index contributed by atoms with van der Waals surface area (Å²) >= 11 is 0. The van der Waals surface area contributed by atoms with Crippen molar-refractivity contribution in [3.63, 3.8) is 0 Å². The first-order valence-corrected chi connectivity index (χ1v) is 4.38. The van der Waals surface area contributed by atoms with Crippen LogP contribution in [0.3, 0.4) is 0 Å². The summed E-state index contributed by atoms with van der Waals surface area (Å²) in [5, 5.41) is 17.1. The third-order valence-corrected chi connectivity index (χ3v) is 1.81. The third-order valence-electron chi connectivity index (χ3n) is 1.81. The van der Waals surface area contributed by atoms with Gasteiger partial charge in [-0.3, -0.25) is 0 Å². The van der Waals surface area contributed by atoms with Gasteiger partial charge in [-0.25, -0.2) is 12.1 Å². The predicted molar refractivity (Wildman–Crippen MR) is 57.1 cm³/mol. The summed E-state index contributed by atoms with van der Waals surface area (Å²) in [6.07, 6.45) is 6.28. The molecular weight excluding hydrogens is 232 g/mol. The molecule has 3 heteroatoms. The van der Waals surface area contributed by atoms with E-state index in [4.69, 9.17) is 10.2 Å². The molecule has 1 aliphatic carbocycles. The number of aliphatic hydroxyl groups is 2. The molecule has 15 heavy (non-hydrogen) atoms. The molecule has 2 rings (SSSR count). The van der Waals surface area contributed by atoms with Crippen LogP contribution in [0.15, 0.2) is 66.0 Å². The van der Waals surface area contributed by atoms with Crippen LogP contribution in [0.4, 0.5) is 0 Å². The van der Waals surface area contributed by atoms with Gasteiger partial charge in [0.2, 0.25) is 0 Å². The van der Waals surface area contributed by atoms with Gasteiger partial charge in [0.05, 0.1) is 12.9 Å². The average Bonchev–Trinajstić information content (AvgIpc) is 2.91. The molecule has 0 fully saturated rings. The Balaban J connectivity index is 0.000000280. The van der Waals surface area contributed by atoms with Gasteiger partial charge in [-0.2, -0.15) is 18.2 Å². The van der Waals surface area contributed by atoms with Crippen molar-refractivity contribution >= 4 is 0 Å². The minimum absolute atomic E-state index is 0. The van der Waals surface area contributed by atoms with E-state index in [-0.39, 0.29) is 23.7 Å². The van der Waals surface area contributed by atoms with E-state index in [1.165, 1.54) is 0 Å². The fourth-order valence-electron chi connectivity index (χ4n) is 1.06. The van der Waals surface area contributed by atoms with Gasteiger partial charge in [0.1, 0.15) is 0 Å². The molecule has 0 bridgehead atoms. The van der Waals surface area contributed by atoms with Crippen molar-refractivity contribution in [2.45, 2.75) is 0 Å². The first-order valence-electron chi connectivity index (χ1n) is 4.38. The topological polar surface area (TPSA) is 40.5 Å². The van der Waals surface area contributed by atoms with E-state index in [9.17, 15) is 0 Å². The molecule has 0 unspecified atom stereocenters. The van der Waals surface area contributed by atoms with Crippen molar-refractivity contribution in [2.75, 3.05) is 6.61 Å². The molecule has 2 nitrogen and oxygen atoms in total. The number of aliphatic hydroxyl groups excluding tert-OH is 2. The number of rotatable bonds is 1. The zero-order valence-electron chi connectivity index (χ0n) is 8.15. The van der Waals surface area contributed by atoms with Crippen LogP contribution in [-0.2, 0) is 17.1 Å². The smallest absolute Gasteiger partial charge is 0.0867 e. The van der Waals surface area contributed by atoms with Crippen molar-refractivity contribution in [1.29, 1.82) is 0 Å². The average molecular weight is 245 g/mol. The summed E-state index contributed by atoms with van der Waals surface area (Å²) in [6.45, 7) is -0.0145. The monoisotopic (exact) mass is 245 g/mol. The molecule has 0 atom stereocenters. The molecule has 1 aromatic carbocycles. The number of allylic oxidation sites excluding steroid dienone is 3. The van der Waals surface area contributed by atoms with E-state index in [0.717, 1.165) is 11.8 Å². The van der Waals surface area contributed by atoms with Crippen LogP contribution in [-0.4, -0.2) is 16.8 Å². The van der Waals surface area contributed by atoms with Crippen LogP contribution < -0.4 is 0 Å². The molecular formula is C12H13FeO2-. The SMILES string of the molecule is O/C=C1\C=CC=C1CO.[Fe].c1cc[cH-]c1. The molecule has 0 spiro atoms. The minimum atomic E-state index is -0.0145. The van der Waals surface area contributed by atoms with E-state index in [1.54, 1.807) is 18.2 Å². The van der Waals surface area contributed by atoms with Crippen molar-refractivity contribution in [3.8, 4) is 0 Å². The summed E-state index contributed by atoms with van der Waals surface area (Å²) < 4.78 is 0. The summed E-state index contributed by atoms with van der Waals surface area (Å²) in [6, 6.07) is 10.0. The molecule has 0 aromatic heterocycles. The Kier molecular flexibility index (Phi) is 7.55. The van der Waals surface area contributed by atoms with Gasteiger partial charge >= 0.3 is 0 Å². The Labute approximate surface area is 100 Å². The van der Waals surface area contributed by atoms with Gasteiger partial charge in [-0.1, -0.05) is 18.2 Å². The van der Waals surface area contributed by atoms with Gasteiger partial charge in [0.25, 0.3) is 0 Å². The van der Waals surface area contributed by atoms with Crippen LogP contribution in [0.25, 0.3) is 0 Å². The summed E-state index contributed by atoms with van der Waals surface area (Å²) in [7, 11) is 0. The van der Waals surface area contributed by atoms with Crippen LogP contribution >= 0.6 is 0 Å². The first kappa shape index (κ1) is 13.8. The maximum Gasteiger partial charge on any atom is 0.0867 e. The quantitative estimate of drug-likeness (QED) is 0.453. The van der Waals surface area contributed by atoms with Crippen LogP contribution in [0, 0.1) is 0 Å². The third kappa shape index (κ3) is 4.75. The molecule has 0 heterocycles. The summed E-state index contributed by atoms with van der Waals surface area (Å²) in [5.74, 6) is 0. The fraction of sp³-hybridized carbons (Fsp3) is 0.0833. The predicted octanol–water partition coefficient (Wildman–Crippen LogP) is 2.32. The van der Waals surface area contributed by atoms with Gasteiger partial charge in [0.15, 0.2) is 0 Å².